The zero-order valence-corrected chi connectivity index (χ0v) is 10.4. The van der Waals surface area contributed by atoms with E-state index in [1.165, 1.54) is 18.2 Å². The molecule has 1 aromatic rings. The summed E-state index contributed by atoms with van der Waals surface area (Å²) >= 11 is 0. The first-order valence-electron chi connectivity index (χ1n) is 5.36. The standard InChI is InChI=1S/C12H13N3O4/c1-4-8(12(13-3)19-5-2)9-6-7-10(16)11(14-9)15(17)18/h4,6-7,16H,1,3,5H2,2H3/b12-8-. The second kappa shape index (κ2) is 6.29. The Morgan fingerprint density at radius 1 is 1.68 bits per heavy atom. The third-order valence-electron chi connectivity index (χ3n) is 2.16. The Labute approximate surface area is 109 Å². The molecule has 0 aliphatic rings. The fourth-order valence-electron chi connectivity index (χ4n) is 1.37. The molecule has 19 heavy (non-hydrogen) atoms. The lowest BCUT2D eigenvalue weighted by Gasteiger charge is -2.06. The first-order valence-corrected chi connectivity index (χ1v) is 5.36. The number of ether oxygens (including phenoxy) is 1. The minimum absolute atomic E-state index is 0.171. The molecule has 7 nitrogen and oxygen atoms in total. The van der Waals surface area contributed by atoms with Crippen molar-refractivity contribution in [2.45, 2.75) is 6.92 Å². The van der Waals surface area contributed by atoms with E-state index in [4.69, 9.17) is 4.74 Å². The molecule has 1 N–H and O–H groups in total. The van der Waals surface area contributed by atoms with E-state index in [9.17, 15) is 15.2 Å². The molecule has 0 bridgehead atoms. The summed E-state index contributed by atoms with van der Waals surface area (Å²) in [6, 6.07) is 2.58. The zero-order chi connectivity index (χ0) is 14.4. The summed E-state index contributed by atoms with van der Waals surface area (Å²) in [7, 11) is 0. The molecule has 0 saturated heterocycles. The summed E-state index contributed by atoms with van der Waals surface area (Å²) in [6.45, 7) is 9.06. The van der Waals surface area contributed by atoms with Gasteiger partial charge in [-0.15, -0.1) is 0 Å². The molecule has 0 saturated carbocycles. The molecule has 0 amide bonds. The van der Waals surface area contributed by atoms with Gasteiger partial charge in [0.25, 0.3) is 0 Å². The number of nitro groups is 1. The molecule has 7 heteroatoms. The number of pyridine rings is 1. The van der Waals surface area contributed by atoms with Crippen LogP contribution in [0.15, 0.2) is 35.7 Å². The third kappa shape index (κ3) is 3.15. The van der Waals surface area contributed by atoms with E-state index in [1.54, 1.807) is 6.92 Å². The van der Waals surface area contributed by atoms with Crippen LogP contribution in [0.25, 0.3) is 5.57 Å². The van der Waals surface area contributed by atoms with Crippen LogP contribution in [0.5, 0.6) is 5.75 Å². The van der Waals surface area contributed by atoms with Crippen molar-refractivity contribution in [1.82, 2.24) is 4.98 Å². The smallest absolute Gasteiger partial charge is 0.406 e. The van der Waals surface area contributed by atoms with Gasteiger partial charge >= 0.3 is 5.82 Å². The Bertz CT molecular complexity index is 552. The van der Waals surface area contributed by atoms with Crippen LogP contribution in [0.3, 0.4) is 0 Å². The van der Waals surface area contributed by atoms with E-state index in [1.807, 2.05) is 0 Å². The predicted molar refractivity (Wildman–Crippen MR) is 70.8 cm³/mol. The highest BCUT2D eigenvalue weighted by Gasteiger charge is 2.20. The number of hydrogen-bond donors (Lipinski definition) is 1. The van der Waals surface area contributed by atoms with Crippen LogP contribution >= 0.6 is 0 Å². The molecule has 1 aromatic heterocycles. The van der Waals surface area contributed by atoms with Gasteiger partial charge in [0.2, 0.25) is 11.6 Å². The average molecular weight is 263 g/mol. The second-order valence-corrected chi connectivity index (χ2v) is 3.31. The molecule has 0 aliphatic heterocycles. The van der Waals surface area contributed by atoms with Gasteiger partial charge in [0.05, 0.1) is 12.2 Å². The predicted octanol–water partition coefficient (Wildman–Crippen LogP) is 2.29. The fourth-order valence-corrected chi connectivity index (χ4v) is 1.37. The van der Waals surface area contributed by atoms with E-state index < -0.39 is 16.5 Å². The van der Waals surface area contributed by atoms with Crippen molar-refractivity contribution in [3.8, 4) is 5.75 Å². The van der Waals surface area contributed by atoms with E-state index in [0.29, 0.717) is 12.2 Å². The summed E-state index contributed by atoms with van der Waals surface area (Å²) < 4.78 is 5.24. The maximum absolute atomic E-state index is 10.7. The van der Waals surface area contributed by atoms with Crippen molar-refractivity contribution in [2.24, 2.45) is 4.99 Å². The van der Waals surface area contributed by atoms with Crippen LogP contribution in [0, 0.1) is 10.1 Å². The molecule has 1 rings (SSSR count). The summed E-state index contributed by atoms with van der Waals surface area (Å²) in [5, 5.41) is 20.1. The monoisotopic (exact) mass is 263 g/mol. The zero-order valence-electron chi connectivity index (χ0n) is 10.4. The van der Waals surface area contributed by atoms with Gasteiger partial charge in [-0.25, -0.2) is 4.99 Å². The van der Waals surface area contributed by atoms with E-state index in [2.05, 4.69) is 23.3 Å². The quantitative estimate of drug-likeness (QED) is 0.279. The van der Waals surface area contributed by atoms with Crippen LogP contribution in [-0.2, 0) is 4.74 Å². The van der Waals surface area contributed by atoms with Gasteiger partial charge in [-0.2, -0.15) is 0 Å². The van der Waals surface area contributed by atoms with Crippen molar-refractivity contribution in [3.63, 3.8) is 0 Å². The molecule has 0 aromatic carbocycles. The SMILES string of the molecule is C=C/C(=C(\N=C)OCC)c1ccc(O)c([N+](=O)[O-])n1. The number of aromatic hydroxyl groups is 1. The summed E-state index contributed by atoms with van der Waals surface area (Å²) in [5.74, 6) is -0.983. The minimum Gasteiger partial charge on any atom is -0.501 e. The van der Waals surface area contributed by atoms with Crippen LogP contribution in [0.2, 0.25) is 0 Å². The molecule has 0 aliphatic carbocycles. The third-order valence-corrected chi connectivity index (χ3v) is 2.16. The van der Waals surface area contributed by atoms with Gasteiger partial charge in [-0.3, -0.25) is 0 Å². The molecule has 0 spiro atoms. The Kier molecular flexibility index (Phi) is 4.76. The van der Waals surface area contributed by atoms with Crippen LogP contribution < -0.4 is 0 Å². The lowest BCUT2D eigenvalue weighted by Crippen LogP contribution is -1.99. The van der Waals surface area contributed by atoms with Crippen molar-refractivity contribution in [2.75, 3.05) is 6.61 Å². The number of aromatic nitrogens is 1. The van der Waals surface area contributed by atoms with E-state index >= 15 is 0 Å². The summed E-state index contributed by atoms with van der Waals surface area (Å²) in [5.41, 5.74) is 0.579. The molecule has 0 radical (unpaired) electrons. The number of allylic oxidation sites excluding steroid dienone is 2. The normalized spacial score (nSPS) is 11.4. The summed E-state index contributed by atoms with van der Waals surface area (Å²) in [6.07, 6.45) is 1.41. The topological polar surface area (TPSA) is 97.8 Å². The summed E-state index contributed by atoms with van der Waals surface area (Å²) in [4.78, 5) is 17.4. The molecule has 100 valence electrons. The van der Waals surface area contributed by atoms with Gasteiger partial charge in [0, 0.05) is 0 Å². The Morgan fingerprint density at radius 3 is 2.84 bits per heavy atom. The van der Waals surface area contributed by atoms with Crippen molar-refractivity contribution < 1.29 is 14.8 Å². The molecule has 0 atom stereocenters. The minimum atomic E-state index is -0.777. The molecule has 0 fully saturated rings. The second-order valence-electron chi connectivity index (χ2n) is 3.31. The van der Waals surface area contributed by atoms with Crippen molar-refractivity contribution in [3.05, 3.63) is 46.5 Å². The van der Waals surface area contributed by atoms with Gasteiger partial charge in [-0.05, 0) is 35.7 Å². The number of hydrogen-bond acceptors (Lipinski definition) is 6. The highest BCUT2D eigenvalue weighted by atomic mass is 16.6. The first kappa shape index (κ1) is 14.4. The maximum Gasteiger partial charge on any atom is 0.406 e. The Hall–Kier alpha value is -2.70. The lowest BCUT2D eigenvalue weighted by molar-refractivity contribution is -0.390. The van der Waals surface area contributed by atoms with Crippen LogP contribution in [0.4, 0.5) is 5.82 Å². The highest BCUT2D eigenvalue weighted by Crippen LogP contribution is 2.27. The van der Waals surface area contributed by atoms with Gasteiger partial charge in [-0.1, -0.05) is 12.7 Å². The maximum atomic E-state index is 10.7. The number of rotatable bonds is 6. The lowest BCUT2D eigenvalue weighted by atomic mass is 10.1. The van der Waals surface area contributed by atoms with E-state index in [0.717, 1.165) is 0 Å². The number of nitrogens with zero attached hydrogens (tertiary/aromatic N) is 3. The Balaban J connectivity index is 3.41. The van der Waals surface area contributed by atoms with Gasteiger partial charge < -0.3 is 20.0 Å². The fraction of sp³-hybridized carbons (Fsp3) is 0.167. The average Bonchev–Trinajstić information content (AvgIpc) is 2.39. The molecular weight excluding hydrogens is 250 g/mol. The van der Waals surface area contributed by atoms with Gasteiger partial charge in [0.15, 0.2) is 5.69 Å². The highest BCUT2D eigenvalue weighted by molar-refractivity contribution is 5.74. The largest absolute Gasteiger partial charge is 0.501 e. The van der Waals surface area contributed by atoms with Crippen molar-refractivity contribution in [1.29, 1.82) is 0 Å². The molecule has 1 heterocycles. The van der Waals surface area contributed by atoms with Crippen molar-refractivity contribution >= 4 is 18.1 Å². The Morgan fingerprint density at radius 2 is 2.37 bits per heavy atom. The van der Waals surface area contributed by atoms with Crippen LogP contribution in [-0.4, -0.2) is 28.3 Å². The number of aliphatic imine (C=N–C) groups is 1. The van der Waals surface area contributed by atoms with E-state index in [-0.39, 0.29) is 11.6 Å². The first-order chi connectivity index (χ1) is 9.04. The van der Waals surface area contributed by atoms with Crippen LogP contribution in [0.1, 0.15) is 12.6 Å². The molecule has 0 unspecified atom stereocenters. The molecular formula is C12H13N3O4. The van der Waals surface area contributed by atoms with Gasteiger partial charge in [0.1, 0.15) is 0 Å².